The molecule has 1 N–H and O–H groups in total. The number of imidazole rings is 2. The molecule has 4 aromatic rings. The van der Waals surface area contributed by atoms with Crippen molar-refractivity contribution in [2.45, 2.75) is 23.4 Å². The Hall–Kier alpha value is -2.67. The van der Waals surface area contributed by atoms with E-state index in [2.05, 4.69) is 19.5 Å². The van der Waals surface area contributed by atoms with E-state index in [4.69, 9.17) is 4.74 Å². The van der Waals surface area contributed by atoms with Crippen LogP contribution in [0, 0.1) is 0 Å². The summed E-state index contributed by atoms with van der Waals surface area (Å²) in [6.45, 7) is 0. The number of nitrogens with one attached hydrogen (secondary N) is 1. The third-order valence-electron chi connectivity index (χ3n) is 4.68. The van der Waals surface area contributed by atoms with Gasteiger partial charge in [0.05, 0.1) is 29.2 Å². The second-order valence-electron chi connectivity index (χ2n) is 6.10. The highest BCUT2D eigenvalue weighted by Crippen LogP contribution is 2.35. The van der Waals surface area contributed by atoms with Gasteiger partial charge in [-0.2, -0.15) is 0 Å². The molecule has 0 amide bonds. The summed E-state index contributed by atoms with van der Waals surface area (Å²) in [7, 11) is 0.346. The number of aromatic amines is 1. The highest BCUT2D eigenvalue weighted by molar-refractivity contribution is 7.84. The van der Waals surface area contributed by atoms with Gasteiger partial charge in [-0.05, 0) is 30.7 Å². The maximum absolute atomic E-state index is 13.2. The molecule has 3 heterocycles. The van der Waals surface area contributed by atoms with Crippen LogP contribution in [0.25, 0.3) is 22.1 Å². The van der Waals surface area contributed by atoms with Gasteiger partial charge < -0.3 is 14.3 Å². The predicted molar refractivity (Wildman–Crippen MR) is 96.1 cm³/mol. The van der Waals surface area contributed by atoms with Gasteiger partial charge in [-0.15, -0.1) is 0 Å². The number of hydrogen-bond acceptors (Lipinski definition) is 4. The molecular weight excluding hydrogens is 336 g/mol. The molecule has 2 unspecified atom stereocenters. The van der Waals surface area contributed by atoms with Gasteiger partial charge in [0.25, 0.3) is 0 Å². The zero-order valence-corrected chi connectivity index (χ0v) is 14.4. The SMILES string of the molecule is COc1ccc2nc(S(=O)C3CCc4nc5ccccc5n43)[nH]c2c1. The van der Waals surface area contributed by atoms with Crippen molar-refractivity contribution in [1.29, 1.82) is 0 Å². The topological polar surface area (TPSA) is 72.8 Å². The molecule has 5 rings (SSSR count). The first-order valence-electron chi connectivity index (χ1n) is 8.15. The third-order valence-corrected chi connectivity index (χ3v) is 6.19. The van der Waals surface area contributed by atoms with Gasteiger partial charge in [0.15, 0.2) is 5.16 Å². The van der Waals surface area contributed by atoms with Crippen LogP contribution in [0.5, 0.6) is 5.75 Å². The van der Waals surface area contributed by atoms with Crippen molar-refractivity contribution in [1.82, 2.24) is 19.5 Å². The highest BCUT2D eigenvalue weighted by atomic mass is 32.2. The summed E-state index contributed by atoms with van der Waals surface area (Å²) in [5.41, 5.74) is 3.61. The van der Waals surface area contributed by atoms with E-state index < -0.39 is 10.8 Å². The Morgan fingerprint density at radius 2 is 2.08 bits per heavy atom. The smallest absolute Gasteiger partial charge is 0.199 e. The van der Waals surface area contributed by atoms with Crippen LogP contribution in [-0.2, 0) is 17.2 Å². The zero-order chi connectivity index (χ0) is 17.0. The molecule has 0 saturated heterocycles. The average Bonchev–Trinajstić information content (AvgIpc) is 3.33. The second kappa shape index (κ2) is 5.42. The van der Waals surface area contributed by atoms with Crippen LogP contribution < -0.4 is 4.74 Å². The van der Waals surface area contributed by atoms with Crippen LogP contribution in [-0.4, -0.2) is 30.8 Å². The molecule has 7 heteroatoms. The lowest BCUT2D eigenvalue weighted by atomic mass is 10.3. The monoisotopic (exact) mass is 352 g/mol. The van der Waals surface area contributed by atoms with Gasteiger partial charge in [-0.1, -0.05) is 12.1 Å². The number of aryl methyl sites for hydroxylation is 1. The first kappa shape index (κ1) is 14.7. The van der Waals surface area contributed by atoms with Crippen molar-refractivity contribution in [3.63, 3.8) is 0 Å². The molecule has 25 heavy (non-hydrogen) atoms. The van der Waals surface area contributed by atoms with Crippen molar-refractivity contribution in [2.24, 2.45) is 0 Å². The standard InChI is InChI=1S/C18H16N4O2S/c1-24-11-6-7-12-14(10-11)21-18(20-12)25(23)17-9-8-16-19-13-4-2-3-5-15(13)22(16)17/h2-7,10,17H,8-9H2,1H3,(H,20,21). The molecule has 0 saturated carbocycles. The Morgan fingerprint density at radius 3 is 2.96 bits per heavy atom. The Bertz CT molecular complexity index is 1130. The summed E-state index contributed by atoms with van der Waals surface area (Å²) in [4.78, 5) is 12.4. The number of aromatic nitrogens is 4. The van der Waals surface area contributed by atoms with E-state index in [9.17, 15) is 4.21 Å². The van der Waals surface area contributed by atoms with Crippen molar-refractivity contribution in [2.75, 3.05) is 7.11 Å². The van der Waals surface area contributed by atoms with Gasteiger partial charge in [-0.3, -0.25) is 0 Å². The maximum Gasteiger partial charge on any atom is 0.199 e. The molecule has 2 aromatic carbocycles. The van der Waals surface area contributed by atoms with Crippen molar-refractivity contribution >= 4 is 32.9 Å². The summed E-state index contributed by atoms with van der Waals surface area (Å²) >= 11 is 0. The lowest BCUT2D eigenvalue weighted by molar-refractivity contribution is 0.415. The van der Waals surface area contributed by atoms with E-state index in [0.717, 1.165) is 46.5 Å². The number of nitrogens with zero attached hydrogens (tertiary/aromatic N) is 3. The molecule has 1 aliphatic heterocycles. The fourth-order valence-electron chi connectivity index (χ4n) is 3.49. The average molecular weight is 352 g/mol. The maximum atomic E-state index is 13.2. The van der Waals surface area contributed by atoms with Crippen molar-refractivity contribution in [3.05, 3.63) is 48.3 Å². The number of para-hydroxylation sites is 2. The molecule has 6 nitrogen and oxygen atoms in total. The van der Waals surface area contributed by atoms with E-state index in [1.807, 2.05) is 42.5 Å². The molecule has 1 aliphatic rings. The number of fused-ring (bicyclic) bond motifs is 4. The molecule has 0 bridgehead atoms. The largest absolute Gasteiger partial charge is 0.497 e. The number of benzene rings is 2. The summed E-state index contributed by atoms with van der Waals surface area (Å²) in [6.07, 6.45) is 1.64. The Labute approximate surface area is 146 Å². The minimum absolute atomic E-state index is 0.148. The first-order valence-corrected chi connectivity index (χ1v) is 9.36. The van der Waals surface area contributed by atoms with Gasteiger partial charge in [0, 0.05) is 12.5 Å². The number of ether oxygens (including phenoxy) is 1. The number of hydrogen-bond donors (Lipinski definition) is 1. The minimum atomic E-state index is -1.28. The van der Waals surface area contributed by atoms with Crippen LogP contribution >= 0.6 is 0 Å². The number of rotatable bonds is 3. The number of H-pyrrole nitrogens is 1. The fraction of sp³-hybridized carbons (Fsp3) is 0.222. The molecule has 0 aliphatic carbocycles. The Balaban J connectivity index is 1.58. The van der Waals surface area contributed by atoms with Crippen LogP contribution in [0.2, 0.25) is 0 Å². The van der Waals surface area contributed by atoms with Gasteiger partial charge in [0.1, 0.15) is 27.7 Å². The Morgan fingerprint density at radius 1 is 1.20 bits per heavy atom. The molecule has 0 fully saturated rings. The summed E-state index contributed by atoms with van der Waals surface area (Å²) in [5.74, 6) is 1.74. The van der Waals surface area contributed by atoms with E-state index in [1.54, 1.807) is 7.11 Å². The lowest BCUT2D eigenvalue weighted by Gasteiger charge is -2.12. The van der Waals surface area contributed by atoms with Gasteiger partial charge in [0.2, 0.25) is 0 Å². The third kappa shape index (κ3) is 2.19. The summed E-state index contributed by atoms with van der Waals surface area (Å²) < 4.78 is 20.6. The number of methoxy groups -OCH3 is 1. The molecule has 0 spiro atoms. The van der Waals surface area contributed by atoms with Crippen molar-refractivity contribution < 1.29 is 8.95 Å². The molecule has 2 atom stereocenters. The normalized spacial score (nSPS) is 17.9. The van der Waals surface area contributed by atoms with E-state index >= 15 is 0 Å². The van der Waals surface area contributed by atoms with E-state index in [-0.39, 0.29) is 5.37 Å². The Kier molecular flexibility index (Phi) is 3.18. The molecule has 126 valence electrons. The quantitative estimate of drug-likeness (QED) is 0.615. The molecular formula is C18H16N4O2S. The van der Waals surface area contributed by atoms with Crippen LogP contribution in [0.4, 0.5) is 0 Å². The van der Waals surface area contributed by atoms with E-state index in [0.29, 0.717) is 5.16 Å². The van der Waals surface area contributed by atoms with Crippen LogP contribution in [0.3, 0.4) is 0 Å². The zero-order valence-electron chi connectivity index (χ0n) is 13.6. The lowest BCUT2D eigenvalue weighted by Crippen LogP contribution is -2.12. The minimum Gasteiger partial charge on any atom is -0.497 e. The summed E-state index contributed by atoms with van der Waals surface area (Å²) in [5, 5.41) is 0.351. The highest BCUT2D eigenvalue weighted by Gasteiger charge is 2.32. The molecule has 2 aromatic heterocycles. The second-order valence-corrected chi connectivity index (χ2v) is 7.63. The van der Waals surface area contributed by atoms with Gasteiger partial charge >= 0.3 is 0 Å². The van der Waals surface area contributed by atoms with E-state index in [1.165, 1.54) is 0 Å². The fourth-order valence-corrected chi connectivity index (χ4v) is 4.91. The van der Waals surface area contributed by atoms with Crippen LogP contribution in [0.15, 0.2) is 47.6 Å². The van der Waals surface area contributed by atoms with Gasteiger partial charge in [-0.25, -0.2) is 14.2 Å². The van der Waals surface area contributed by atoms with Crippen molar-refractivity contribution in [3.8, 4) is 5.75 Å². The van der Waals surface area contributed by atoms with Crippen LogP contribution in [0.1, 0.15) is 17.6 Å². The molecule has 0 radical (unpaired) electrons. The summed E-state index contributed by atoms with van der Waals surface area (Å²) in [6, 6.07) is 13.6. The predicted octanol–water partition coefficient (Wildman–Crippen LogP) is 3.17. The first-order chi connectivity index (χ1) is 12.2.